The lowest BCUT2D eigenvalue weighted by molar-refractivity contribution is 0.0755. The van der Waals surface area contributed by atoms with Gasteiger partial charge in [-0.15, -0.1) is 0 Å². The summed E-state index contributed by atoms with van der Waals surface area (Å²) in [4.78, 5) is 27.3. The summed E-state index contributed by atoms with van der Waals surface area (Å²) in [5, 5.41) is 2.85. The zero-order valence-electron chi connectivity index (χ0n) is 16.4. The van der Waals surface area contributed by atoms with Gasteiger partial charge in [0.1, 0.15) is 13.2 Å². The van der Waals surface area contributed by atoms with E-state index in [-0.39, 0.29) is 11.8 Å². The average molecular weight is 382 g/mol. The van der Waals surface area contributed by atoms with Crippen molar-refractivity contribution < 1.29 is 19.1 Å². The standard InChI is InChI=1S/C22H26N2O4/c1-3-10-24(11-4-2)22(26)17-7-5-6-16(14-17)21(25)23-18-8-9-19-20(15-18)28-13-12-27-19/h5-9,14-15H,3-4,10-13H2,1-2H3,(H,23,25). The maximum Gasteiger partial charge on any atom is 0.255 e. The van der Waals surface area contributed by atoms with Crippen molar-refractivity contribution in [3.63, 3.8) is 0 Å². The van der Waals surface area contributed by atoms with Crippen LogP contribution in [0.4, 0.5) is 5.69 Å². The summed E-state index contributed by atoms with van der Waals surface area (Å²) >= 11 is 0. The Kier molecular flexibility index (Phi) is 6.53. The number of nitrogens with zero attached hydrogens (tertiary/aromatic N) is 1. The smallest absolute Gasteiger partial charge is 0.255 e. The van der Waals surface area contributed by atoms with Gasteiger partial charge in [0.2, 0.25) is 0 Å². The zero-order chi connectivity index (χ0) is 19.9. The molecule has 0 aromatic heterocycles. The highest BCUT2D eigenvalue weighted by Crippen LogP contribution is 2.32. The maximum absolute atomic E-state index is 12.8. The van der Waals surface area contributed by atoms with Gasteiger partial charge in [-0.1, -0.05) is 19.9 Å². The first kappa shape index (κ1) is 19.7. The summed E-state index contributed by atoms with van der Waals surface area (Å²) < 4.78 is 11.0. The van der Waals surface area contributed by atoms with E-state index >= 15 is 0 Å². The van der Waals surface area contributed by atoms with Crippen molar-refractivity contribution in [1.82, 2.24) is 4.90 Å². The predicted octanol–water partition coefficient (Wildman–Crippen LogP) is 3.97. The van der Waals surface area contributed by atoms with Crippen LogP contribution in [0.25, 0.3) is 0 Å². The molecule has 0 bridgehead atoms. The van der Waals surface area contributed by atoms with E-state index in [2.05, 4.69) is 5.32 Å². The molecule has 0 unspecified atom stereocenters. The van der Waals surface area contributed by atoms with Crippen molar-refractivity contribution in [3.05, 3.63) is 53.6 Å². The van der Waals surface area contributed by atoms with Crippen LogP contribution in [0.3, 0.4) is 0 Å². The molecular formula is C22H26N2O4. The molecule has 2 amide bonds. The summed E-state index contributed by atoms with van der Waals surface area (Å²) in [6.07, 6.45) is 1.80. The topological polar surface area (TPSA) is 67.9 Å². The third kappa shape index (κ3) is 4.63. The van der Waals surface area contributed by atoms with Crippen molar-refractivity contribution in [3.8, 4) is 11.5 Å². The fourth-order valence-corrected chi connectivity index (χ4v) is 3.16. The molecule has 1 heterocycles. The van der Waals surface area contributed by atoms with E-state index in [1.165, 1.54) is 0 Å². The van der Waals surface area contributed by atoms with Crippen LogP contribution in [0.2, 0.25) is 0 Å². The molecule has 6 heteroatoms. The molecule has 6 nitrogen and oxygen atoms in total. The van der Waals surface area contributed by atoms with Gasteiger partial charge in [-0.3, -0.25) is 9.59 Å². The van der Waals surface area contributed by atoms with Crippen LogP contribution >= 0.6 is 0 Å². The number of ether oxygens (including phenoxy) is 2. The maximum atomic E-state index is 12.8. The van der Waals surface area contributed by atoms with E-state index in [9.17, 15) is 9.59 Å². The van der Waals surface area contributed by atoms with E-state index in [1.807, 2.05) is 18.7 Å². The third-order valence-corrected chi connectivity index (χ3v) is 4.45. The summed E-state index contributed by atoms with van der Waals surface area (Å²) in [6, 6.07) is 12.1. The van der Waals surface area contributed by atoms with Crippen LogP contribution in [0.5, 0.6) is 11.5 Å². The Morgan fingerprint density at radius 3 is 2.32 bits per heavy atom. The quantitative estimate of drug-likeness (QED) is 0.787. The van der Waals surface area contributed by atoms with E-state index in [0.29, 0.717) is 54.6 Å². The number of nitrogens with one attached hydrogen (secondary N) is 1. The van der Waals surface area contributed by atoms with Gasteiger partial charge in [0, 0.05) is 36.0 Å². The SMILES string of the molecule is CCCN(CCC)C(=O)c1cccc(C(=O)Nc2ccc3c(c2)OCCO3)c1. The van der Waals surface area contributed by atoms with Crippen molar-refractivity contribution >= 4 is 17.5 Å². The van der Waals surface area contributed by atoms with E-state index in [0.717, 1.165) is 12.8 Å². The van der Waals surface area contributed by atoms with Gasteiger partial charge in [0.15, 0.2) is 11.5 Å². The highest BCUT2D eigenvalue weighted by Gasteiger charge is 2.17. The largest absolute Gasteiger partial charge is 0.486 e. The molecule has 1 N–H and O–H groups in total. The molecule has 0 spiro atoms. The van der Waals surface area contributed by atoms with Crippen LogP contribution in [0.15, 0.2) is 42.5 Å². The molecule has 0 saturated carbocycles. The molecule has 1 aliphatic rings. The summed E-state index contributed by atoms with van der Waals surface area (Å²) in [5.41, 5.74) is 1.58. The Labute approximate surface area is 165 Å². The number of anilines is 1. The highest BCUT2D eigenvalue weighted by molar-refractivity contribution is 6.06. The average Bonchev–Trinajstić information content (AvgIpc) is 2.73. The van der Waals surface area contributed by atoms with Gasteiger partial charge in [-0.2, -0.15) is 0 Å². The third-order valence-electron chi connectivity index (χ3n) is 4.45. The summed E-state index contributed by atoms with van der Waals surface area (Å²) in [5.74, 6) is 0.966. The van der Waals surface area contributed by atoms with Crippen molar-refractivity contribution in [2.45, 2.75) is 26.7 Å². The Morgan fingerprint density at radius 2 is 1.61 bits per heavy atom. The minimum absolute atomic E-state index is 0.0438. The van der Waals surface area contributed by atoms with Crippen molar-refractivity contribution in [2.24, 2.45) is 0 Å². The van der Waals surface area contributed by atoms with Crippen molar-refractivity contribution in [1.29, 1.82) is 0 Å². The molecule has 0 atom stereocenters. The van der Waals surface area contributed by atoms with Gasteiger partial charge in [-0.05, 0) is 43.2 Å². The van der Waals surface area contributed by atoms with Gasteiger partial charge in [-0.25, -0.2) is 0 Å². The molecule has 3 rings (SSSR count). The summed E-state index contributed by atoms with van der Waals surface area (Å²) in [7, 11) is 0. The Balaban J connectivity index is 1.74. The number of fused-ring (bicyclic) bond motifs is 1. The minimum atomic E-state index is -0.274. The predicted molar refractivity (Wildman–Crippen MR) is 108 cm³/mol. The molecule has 28 heavy (non-hydrogen) atoms. The molecule has 2 aromatic carbocycles. The second-order valence-electron chi connectivity index (χ2n) is 6.69. The Bertz CT molecular complexity index is 844. The van der Waals surface area contributed by atoms with Gasteiger partial charge < -0.3 is 19.7 Å². The van der Waals surface area contributed by atoms with Crippen LogP contribution in [-0.4, -0.2) is 43.0 Å². The van der Waals surface area contributed by atoms with Crippen LogP contribution in [-0.2, 0) is 0 Å². The number of carbonyl (C=O) groups excluding carboxylic acids is 2. The van der Waals surface area contributed by atoms with Gasteiger partial charge in [0.05, 0.1) is 0 Å². The molecular weight excluding hydrogens is 356 g/mol. The normalized spacial score (nSPS) is 12.4. The lowest BCUT2D eigenvalue weighted by Gasteiger charge is -2.21. The van der Waals surface area contributed by atoms with Crippen LogP contribution < -0.4 is 14.8 Å². The number of carbonyl (C=O) groups is 2. The minimum Gasteiger partial charge on any atom is -0.486 e. The molecule has 2 aromatic rings. The first-order valence-electron chi connectivity index (χ1n) is 9.72. The number of rotatable bonds is 7. The molecule has 148 valence electrons. The van der Waals surface area contributed by atoms with Crippen LogP contribution in [0.1, 0.15) is 47.4 Å². The van der Waals surface area contributed by atoms with Gasteiger partial charge >= 0.3 is 0 Å². The zero-order valence-corrected chi connectivity index (χ0v) is 16.4. The fourth-order valence-electron chi connectivity index (χ4n) is 3.16. The molecule has 0 saturated heterocycles. The number of amides is 2. The Morgan fingerprint density at radius 1 is 0.929 bits per heavy atom. The lowest BCUT2D eigenvalue weighted by Crippen LogP contribution is -2.32. The van der Waals surface area contributed by atoms with E-state index < -0.39 is 0 Å². The second-order valence-corrected chi connectivity index (χ2v) is 6.69. The molecule has 0 fully saturated rings. The number of benzene rings is 2. The molecule has 0 radical (unpaired) electrons. The van der Waals surface area contributed by atoms with Crippen molar-refractivity contribution in [2.75, 3.05) is 31.6 Å². The summed E-state index contributed by atoms with van der Waals surface area (Å²) in [6.45, 7) is 6.52. The van der Waals surface area contributed by atoms with Gasteiger partial charge in [0.25, 0.3) is 11.8 Å². The van der Waals surface area contributed by atoms with E-state index in [1.54, 1.807) is 42.5 Å². The number of hydrogen-bond donors (Lipinski definition) is 1. The first-order valence-corrected chi connectivity index (χ1v) is 9.72. The number of hydrogen-bond acceptors (Lipinski definition) is 4. The van der Waals surface area contributed by atoms with Crippen LogP contribution in [0, 0.1) is 0 Å². The highest BCUT2D eigenvalue weighted by atomic mass is 16.6. The lowest BCUT2D eigenvalue weighted by atomic mass is 10.1. The second kappa shape index (κ2) is 9.26. The van der Waals surface area contributed by atoms with E-state index in [4.69, 9.17) is 9.47 Å². The molecule has 1 aliphatic heterocycles. The Hall–Kier alpha value is -3.02. The monoisotopic (exact) mass is 382 g/mol. The first-order chi connectivity index (χ1) is 13.6. The fraction of sp³-hybridized carbons (Fsp3) is 0.364. The molecule has 0 aliphatic carbocycles.